The second-order valence-corrected chi connectivity index (χ2v) is 8.59. The minimum Gasteiger partial charge on any atom is -0.481 e. The smallest absolute Gasteiger partial charge is 0.307 e. The van der Waals surface area contributed by atoms with Crippen molar-refractivity contribution in [2.45, 2.75) is 63.4 Å². The highest BCUT2D eigenvalue weighted by Gasteiger charge is 2.43. The van der Waals surface area contributed by atoms with Crippen LogP contribution in [0.5, 0.6) is 0 Å². The van der Waals surface area contributed by atoms with Crippen molar-refractivity contribution in [2.24, 2.45) is 0 Å². The van der Waals surface area contributed by atoms with E-state index in [1.807, 2.05) is 13.0 Å². The zero-order chi connectivity index (χ0) is 17.6. The lowest BCUT2D eigenvalue weighted by Gasteiger charge is -2.32. The van der Waals surface area contributed by atoms with Gasteiger partial charge in [-0.05, 0) is 62.3 Å². The van der Waals surface area contributed by atoms with Crippen LogP contribution in [0.25, 0.3) is 0 Å². The summed E-state index contributed by atoms with van der Waals surface area (Å²) in [5.41, 5.74) is 2.69. The first-order chi connectivity index (χ1) is 11.2. The van der Waals surface area contributed by atoms with Crippen LogP contribution in [0.3, 0.4) is 0 Å². The van der Waals surface area contributed by atoms with Crippen LogP contribution in [0, 0.1) is 20.8 Å². The fourth-order valence-electron chi connectivity index (χ4n) is 4.19. The molecule has 0 spiro atoms. The summed E-state index contributed by atoms with van der Waals surface area (Å²) in [5.74, 6) is -0.950. The fraction of sp³-hybridized carbons (Fsp3) is 0.500. The lowest BCUT2D eigenvalue weighted by atomic mass is 9.97. The van der Waals surface area contributed by atoms with Gasteiger partial charge in [-0.2, -0.15) is 4.31 Å². The summed E-state index contributed by atoms with van der Waals surface area (Å²) in [7, 11) is -3.65. The molecule has 24 heavy (non-hydrogen) atoms. The summed E-state index contributed by atoms with van der Waals surface area (Å²) in [5, 5.41) is 9.15. The van der Waals surface area contributed by atoms with E-state index in [9.17, 15) is 13.2 Å². The molecule has 1 aromatic carbocycles. The molecule has 2 heterocycles. The quantitative estimate of drug-likeness (QED) is 0.848. The summed E-state index contributed by atoms with van der Waals surface area (Å²) in [4.78, 5) is 11.5. The number of carboxylic acids is 1. The van der Waals surface area contributed by atoms with Crippen LogP contribution in [0.4, 0.5) is 0 Å². The summed E-state index contributed by atoms with van der Waals surface area (Å²) in [6.45, 7) is 5.36. The first-order valence-corrected chi connectivity index (χ1v) is 9.69. The molecular weight excluding hydrogens is 326 g/mol. The van der Waals surface area contributed by atoms with Gasteiger partial charge >= 0.3 is 5.97 Å². The Bertz CT molecular complexity index is 826. The maximum absolute atomic E-state index is 13.4. The first kappa shape index (κ1) is 17.2. The Morgan fingerprint density at radius 3 is 2.58 bits per heavy atom. The van der Waals surface area contributed by atoms with Crippen LogP contribution in [0.15, 0.2) is 23.1 Å². The summed E-state index contributed by atoms with van der Waals surface area (Å²) < 4.78 is 28.4. The Kier molecular flexibility index (Phi) is 4.30. The highest BCUT2D eigenvalue weighted by molar-refractivity contribution is 7.89. The third-order valence-electron chi connectivity index (χ3n) is 5.17. The molecule has 2 bridgehead atoms. The van der Waals surface area contributed by atoms with Crippen molar-refractivity contribution >= 4 is 16.0 Å². The maximum Gasteiger partial charge on any atom is 0.307 e. The number of hydrogen-bond donors (Lipinski definition) is 1. The molecule has 1 aromatic rings. The van der Waals surface area contributed by atoms with Crippen LogP contribution in [0.1, 0.15) is 41.5 Å². The molecule has 0 aromatic heterocycles. The summed E-state index contributed by atoms with van der Waals surface area (Å²) in [6, 6.07) is 1.74. The SMILES string of the molecule is Cc1cc(C)c(S(=O)(=O)N2C3C=CCC2CC3)c(C)c1CC(=O)O. The molecular formula is C18H23NO4S. The monoisotopic (exact) mass is 349 g/mol. The second-order valence-electron chi connectivity index (χ2n) is 6.81. The number of hydrogen-bond acceptors (Lipinski definition) is 3. The van der Waals surface area contributed by atoms with Gasteiger partial charge in [-0.25, -0.2) is 8.42 Å². The predicted octanol–water partition coefficient (Wildman–Crippen LogP) is 2.72. The molecule has 0 aliphatic carbocycles. The van der Waals surface area contributed by atoms with Crippen LogP contribution in [-0.2, 0) is 21.2 Å². The minimum atomic E-state index is -3.65. The third kappa shape index (κ3) is 2.67. The van der Waals surface area contributed by atoms with E-state index in [2.05, 4.69) is 6.08 Å². The zero-order valence-corrected chi connectivity index (χ0v) is 15.1. The van der Waals surface area contributed by atoms with Gasteiger partial charge in [-0.3, -0.25) is 4.79 Å². The average molecular weight is 349 g/mol. The molecule has 3 rings (SSSR count). The summed E-state index contributed by atoms with van der Waals surface area (Å²) in [6.07, 6.45) is 6.38. The van der Waals surface area contributed by atoms with E-state index in [0.29, 0.717) is 16.7 Å². The Morgan fingerprint density at radius 2 is 1.96 bits per heavy atom. The first-order valence-electron chi connectivity index (χ1n) is 8.25. The molecule has 2 aliphatic rings. The van der Waals surface area contributed by atoms with Crippen LogP contribution in [0.2, 0.25) is 0 Å². The van der Waals surface area contributed by atoms with Crippen molar-refractivity contribution in [3.05, 3.63) is 40.5 Å². The topological polar surface area (TPSA) is 74.7 Å². The lowest BCUT2D eigenvalue weighted by Crippen LogP contribution is -2.42. The summed E-state index contributed by atoms with van der Waals surface area (Å²) >= 11 is 0. The molecule has 0 saturated carbocycles. The van der Waals surface area contributed by atoms with E-state index in [0.717, 1.165) is 24.8 Å². The molecule has 1 fully saturated rings. The normalized spacial score (nSPS) is 23.6. The van der Waals surface area contributed by atoms with Gasteiger partial charge in [-0.15, -0.1) is 0 Å². The number of benzene rings is 1. The Labute approximate surface area is 143 Å². The largest absolute Gasteiger partial charge is 0.481 e. The van der Waals surface area contributed by atoms with Gasteiger partial charge < -0.3 is 5.11 Å². The zero-order valence-electron chi connectivity index (χ0n) is 14.2. The molecule has 2 aliphatic heterocycles. The van der Waals surface area contributed by atoms with Gasteiger partial charge in [0.15, 0.2) is 0 Å². The van der Waals surface area contributed by atoms with Crippen molar-refractivity contribution in [3.8, 4) is 0 Å². The number of sulfonamides is 1. The standard InChI is InChI=1S/C18H23NO4S/c1-11-9-12(2)18(13(3)16(11)10-17(20)21)24(22,23)19-14-5-4-6-15(19)8-7-14/h4-5,9,14-15H,6-8,10H2,1-3H3,(H,20,21). The number of aryl methyl sites for hydroxylation is 2. The van der Waals surface area contributed by atoms with Crippen molar-refractivity contribution < 1.29 is 18.3 Å². The molecule has 1 N–H and O–H groups in total. The molecule has 2 atom stereocenters. The Morgan fingerprint density at radius 1 is 1.25 bits per heavy atom. The number of fused-ring (bicyclic) bond motifs is 2. The van der Waals surface area contributed by atoms with Gasteiger partial charge in [-0.1, -0.05) is 18.2 Å². The van der Waals surface area contributed by atoms with Crippen molar-refractivity contribution in [1.82, 2.24) is 4.31 Å². The molecule has 1 saturated heterocycles. The fourth-order valence-corrected chi connectivity index (χ4v) is 6.49. The van der Waals surface area contributed by atoms with E-state index in [-0.39, 0.29) is 23.4 Å². The number of rotatable bonds is 4. The molecule has 0 amide bonds. The third-order valence-corrected chi connectivity index (χ3v) is 7.44. The second kappa shape index (κ2) is 6.01. The predicted molar refractivity (Wildman–Crippen MR) is 91.6 cm³/mol. The Balaban J connectivity index is 2.15. The molecule has 5 nitrogen and oxygen atoms in total. The maximum atomic E-state index is 13.4. The number of nitrogens with zero attached hydrogens (tertiary/aromatic N) is 1. The van der Waals surface area contributed by atoms with Crippen molar-refractivity contribution in [1.29, 1.82) is 0 Å². The van der Waals surface area contributed by atoms with E-state index < -0.39 is 16.0 Å². The van der Waals surface area contributed by atoms with Gasteiger partial charge in [0.25, 0.3) is 0 Å². The number of aliphatic carboxylic acids is 1. The van der Waals surface area contributed by atoms with Crippen LogP contribution in [-0.4, -0.2) is 35.9 Å². The van der Waals surface area contributed by atoms with E-state index in [1.54, 1.807) is 24.2 Å². The number of carbonyl (C=O) groups is 1. The van der Waals surface area contributed by atoms with Gasteiger partial charge in [0.2, 0.25) is 10.0 Å². The van der Waals surface area contributed by atoms with Gasteiger partial charge in [0.05, 0.1) is 11.3 Å². The van der Waals surface area contributed by atoms with E-state index in [4.69, 9.17) is 5.11 Å². The van der Waals surface area contributed by atoms with Crippen molar-refractivity contribution in [3.63, 3.8) is 0 Å². The van der Waals surface area contributed by atoms with Crippen LogP contribution >= 0.6 is 0 Å². The average Bonchev–Trinajstić information content (AvgIpc) is 2.74. The van der Waals surface area contributed by atoms with Crippen LogP contribution < -0.4 is 0 Å². The molecule has 0 radical (unpaired) electrons. The minimum absolute atomic E-state index is 0.0213. The van der Waals surface area contributed by atoms with Gasteiger partial charge in [0.1, 0.15) is 0 Å². The van der Waals surface area contributed by atoms with E-state index >= 15 is 0 Å². The van der Waals surface area contributed by atoms with Crippen molar-refractivity contribution in [2.75, 3.05) is 0 Å². The lowest BCUT2D eigenvalue weighted by molar-refractivity contribution is -0.136. The van der Waals surface area contributed by atoms with Gasteiger partial charge in [0, 0.05) is 12.1 Å². The number of carboxylic acid groups (broad SMARTS) is 1. The highest BCUT2D eigenvalue weighted by atomic mass is 32.2. The molecule has 2 unspecified atom stereocenters. The Hall–Kier alpha value is -1.66. The molecule has 6 heteroatoms. The molecule has 130 valence electrons. The highest BCUT2D eigenvalue weighted by Crippen LogP contribution is 2.39. The van der Waals surface area contributed by atoms with E-state index in [1.165, 1.54) is 0 Å².